The fraction of sp³-hybridized carbons (Fsp3) is 0.500. The molecule has 0 saturated carbocycles. The molecule has 0 radical (unpaired) electrons. The Morgan fingerprint density at radius 3 is 2.83 bits per heavy atom. The lowest BCUT2D eigenvalue weighted by Crippen LogP contribution is -2.06. The van der Waals surface area contributed by atoms with E-state index in [9.17, 15) is 9.59 Å². The van der Waals surface area contributed by atoms with E-state index in [1.165, 1.54) is 13.0 Å². The number of carbonyl (C=O) groups excluding carboxylic acids is 1. The minimum atomic E-state index is -0.974. The van der Waals surface area contributed by atoms with Gasteiger partial charge in [0.25, 0.3) is 0 Å². The van der Waals surface area contributed by atoms with Crippen molar-refractivity contribution in [1.29, 1.82) is 0 Å². The van der Waals surface area contributed by atoms with Crippen molar-refractivity contribution < 1.29 is 19.4 Å². The molecule has 1 unspecified atom stereocenters. The summed E-state index contributed by atoms with van der Waals surface area (Å²) in [5.74, 6) is -1.23. The van der Waals surface area contributed by atoms with Crippen LogP contribution in [0.25, 0.3) is 0 Å². The maximum absolute atomic E-state index is 10.6. The summed E-state index contributed by atoms with van der Waals surface area (Å²) in [7, 11) is 0. The number of rotatable bonds is 2. The Labute approximate surface area is 69.8 Å². The van der Waals surface area contributed by atoms with Crippen molar-refractivity contribution >= 4 is 11.9 Å². The number of carboxylic acids is 1. The van der Waals surface area contributed by atoms with Crippen molar-refractivity contribution in [1.82, 2.24) is 0 Å². The molecule has 0 aliphatic carbocycles. The first-order valence-electron chi connectivity index (χ1n) is 3.71. The Balaban J connectivity index is 2.56. The third-order valence-electron chi connectivity index (χ3n) is 1.69. The molecule has 0 spiro atoms. The lowest BCUT2D eigenvalue weighted by molar-refractivity contribution is -0.140. The summed E-state index contributed by atoms with van der Waals surface area (Å²) in [6.07, 6.45) is 2.10. The van der Waals surface area contributed by atoms with Gasteiger partial charge >= 0.3 is 11.9 Å². The Kier molecular flexibility index (Phi) is 2.47. The smallest absolute Gasteiger partial charge is 0.331 e. The molecule has 1 N–H and O–H groups in total. The highest BCUT2D eigenvalue weighted by atomic mass is 16.5. The van der Waals surface area contributed by atoms with Gasteiger partial charge in [-0.3, -0.25) is 4.79 Å². The largest absolute Gasteiger partial charge is 0.478 e. The minimum absolute atomic E-state index is 0.217. The Morgan fingerprint density at radius 1 is 1.75 bits per heavy atom. The Morgan fingerprint density at radius 2 is 2.42 bits per heavy atom. The summed E-state index contributed by atoms with van der Waals surface area (Å²) in [6.45, 7) is 1.48. The summed E-state index contributed by atoms with van der Waals surface area (Å²) in [6, 6.07) is 0. The first-order valence-corrected chi connectivity index (χ1v) is 3.71. The average molecular weight is 170 g/mol. The highest BCUT2D eigenvalue weighted by molar-refractivity contribution is 5.86. The molecule has 1 fully saturated rings. The molecule has 1 aliphatic heterocycles. The molecule has 1 heterocycles. The van der Waals surface area contributed by atoms with Crippen LogP contribution in [0.3, 0.4) is 0 Å². The van der Waals surface area contributed by atoms with Crippen molar-refractivity contribution in [2.45, 2.75) is 25.9 Å². The zero-order valence-electron chi connectivity index (χ0n) is 6.74. The van der Waals surface area contributed by atoms with Gasteiger partial charge in [-0.15, -0.1) is 0 Å². The maximum atomic E-state index is 10.6. The van der Waals surface area contributed by atoms with Crippen LogP contribution in [0, 0.1) is 0 Å². The minimum Gasteiger partial charge on any atom is -0.478 e. The molecule has 1 rings (SSSR count). The van der Waals surface area contributed by atoms with Crippen LogP contribution in [-0.4, -0.2) is 23.1 Å². The highest BCUT2D eigenvalue weighted by Gasteiger charge is 2.21. The van der Waals surface area contributed by atoms with Crippen LogP contribution in [0.15, 0.2) is 11.6 Å². The average Bonchev–Trinajstić information content (AvgIpc) is 2.35. The molecule has 4 heteroatoms. The predicted molar refractivity (Wildman–Crippen MR) is 40.5 cm³/mol. The summed E-state index contributed by atoms with van der Waals surface area (Å²) < 4.78 is 4.80. The van der Waals surface area contributed by atoms with Crippen LogP contribution in [0.1, 0.15) is 19.8 Å². The monoisotopic (exact) mass is 170 g/mol. The SMILES string of the molecule is CC(=CC1CCC(=O)O1)C(=O)O. The molecular formula is C8H10O4. The van der Waals surface area contributed by atoms with Crippen molar-refractivity contribution in [3.8, 4) is 0 Å². The van der Waals surface area contributed by atoms with Gasteiger partial charge in [0.1, 0.15) is 6.10 Å². The number of cyclic esters (lactones) is 1. The molecule has 0 aromatic rings. The van der Waals surface area contributed by atoms with Gasteiger partial charge in [-0.05, 0) is 19.4 Å². The molecule has 0 bridgehead atoms. The summed E-state index contributed by atoms with van der Waals surface area (Å²) in [4.78, 5) is 21.0. The zero-order valence-corrected chi connectivity index (χ0v) is 6.74. The standard InChI is InChI=1S/C8H10O4/c1-5(8(10)11)4-6-2-3-7(9)12-6/h4,6H,2-3H2,1H3,(H,10,11). The van der Waals surface area contributed by atoms with Crippen molar-refractivity contribution in [2.75, 3.05) is 0 Å². The van der Waals surface area contributed by atoms with E-state index in [-0.39, 0.29) is 17.6 Å². The molecule has 12 heavy (non-hydrogen) atoms. The third-order valence-corrected chi connectivity index (χ3v) is 1.69. The number of ether oxygens (including phenoxy) is 1. The molecule has 1 aliphatic rings. The van der Waals surface area contributed by atoms with Gasteiger partial charge < -0.3 is 9.84 Å². The van der Waals surface area contributed by atoms with Crippen LogP contribution in [0.4, 0.5) is 0 Å². The van der Waals surface area contributed by atoms with E-state index in [1.807, 2.05) is 0 Å². The number of aliphatic carboxylic acids is 1. The number of hydrogen-bond acceptors (Lipinski definition) is 3. The third kappa shape index (κ3) is 2.08. The lowest BCUT2D eigenvalue weighted by Gasteiger charge is -2.02. The normalized spacial score (nSPS) is 23.9. The summed E-state index contributed by atoms with van der Waals surface area (Å²) >= 11 is 0. The van der Waals surface area contributed by atoms with Gasteiger partial charge in [0.15, 0.2) is 0 Å². The van der Waals surface area contributed by atoms with E-state index < -0.39 is 5.97 Å². The van der Waals surface area contributed by atoms with Gasteiger partial charge in [0, 0.05) is 12.0 Å². The van der Waals surface area contributed by atoms with Crippen LogP contribution in [-0.2, 0) is 14.3 Å². The molecule has 0 amide bonds. The van der Waals surface area contributed by atoms with E-state index in [0.717, 1.165) is 0 Å². The topological polar surface area (TPSA) is 63.6 Å². The molecular weight excluding hydrogens is 160 g/mol. The fourth-order valence-corrected chi connectivity index (χ4v) is 1.01. The lowest BCUT2D eigenvalue weighted by atomic mass is 10.2. The van der Waals surface area contributed by atoms with Crippen LogP contribution < -0.4 is 0 Å². The molecule has 1 atom stereocenters. The number of carboxylic acid groups (broad SMARTS) is 1. The summed E-state index contributed by atoms with van der Waals surface area (Å²) in [5.41, 5.74) is 0.217. The van der Waals surface area contributed by atoms with Crippen molar-refractivity contribution in [3.63, 3.8) is 0 Å². The molecule has 4 nitrogen and oxygen atoms in total. The number of carbonyl (C=O) groups is 2. The van der Waals surface area contributed by atoms with E-state index in [0.29, 0.717) is 12.8 Å². The van der Waals surface area contributed by atoms with Gasteiger partial charge in [-0.2, -0.15) is 0 Å². The van der Waals surface area contributed by atoms with E-state index in [4.69, 9.17) is 9.84 Å². The highest BCUT2D eigenvalue weighted by Crippen LogP contribution is 2.16. The van der Waals surface area contributed by atoms with Crippen LogP contribution in [0.5, 0.6) is 0 Å². The fourth-order valence-electron chi connectivity index (χ4n) is 1.01. The van der Waals surface area contributed by atoms with Gasteiger partial charge in [-0.25, -0.2) is 4.79 Å². The second kappa shape index (κ2) is 3.38. The second-order valence-corrected chi connectivity index (χ2v) is 2.72. The summed E-state index contributed by atoms with van der Waals surface area (Å²) in [5, 5.41) is 8.50. The predicted octanol–water partition coefficient (Wildman–Crippen LogP) is 0.723. The van der Waals surface area contributed by atoms with E-state index >= 15 is 0 Å². The molecule has 66 valence electrons. The zero-order chi connectivity index (χ0) is 9.14. The molecule has 1 saturated heterocycles. The molecule has 0 aromatic heterocycles. The van der Waals surface area contributed by atoms with Crippen LogP contribution >= 0.6 is 0 Å². The maximum Gasteiger partial charge on any atom is 0.331 e. The van der Waals surface area contributed by atoms with Crippen molar-refractivity contribution in [3.05, 3.63) is 11.6 Å². The Hall–Kier alpha value is -1.32. The first-order chi connectivity index (χ1) is 5.59. The Bertz CT molecular complexity index is 241. The quantitative estimate of drug-likeness (QED) is 0.490. The molecule has 0 aromatic carbocycles. The number of esters is 1. The van der Waals surface area contributed by atoms with Crippen molar-refractivity contribution in [2.24, 2.45) is 0 Å². The van der Waals surface area contributed by atoms with Gasteiger partial charge in [0.05, 0.1) is 0 Å². The first kappa shape index (κ1) is 8.77. The van der Waals surface area contributed by atoms with Gasteiger partial charge in [0.2, 0.25) is 0 Å². The van der Waals surface area contributed by atoms with Gasteiger partial charge in [-0.1, -0.05) is 0 Å². The second-order valence-electron chi connectivity index (χ2n) is 2.72. The number of hydrogen-bond donors (Lipinski definition) is 1. The van der Waals surface area contributed by atoms with Crippen LogP contribution in [0.2, 0.25) is 0 Å². The van der Waals surface area contributed by atoms with E-state index in [2.05, 4.69) is 0 Å². The van der Waals surface area contributed by atoms with E-state index in [1.54, 1.807) is 0 Å².